The van der Waals surface area contributed by atoms with Gasteiger partial charge in [0.1, 0.15) is 11.6 Å². The number of nitrogens with two attached hydrogens (primary N) is 2. The number of nitrogens with zero attached hydrogens (tertiary/aromatic N) is 3. The Labute approximate surface area is 344 Å². The number of aliphatic imine (C=N–C) groups is 1. The molecule has 12 nitrogen and oxygen atoms in total. The molecule has 8 unspecified atom stereocenters. The van der Waals surface area contributed by atoms with Gasteiger partial charge in [-0.15, -0.1) is 0 Å². The van der Waals surface area contributed by atoms with E-state index in [1.165, 1.54) is 38.5 Å². The summed E-state index contributed by atoms with van der Waals surface area (Å²) in [5.74, 6) is 0.336. The smallest absolute Gasteiger partial charge is 0.316 e. The Morgan fingerprint density at radius 3 is 2.35 bits per heavy atom. The third kappa shape index (κ3) is 13.1. The second kappa shape index (κ2) is 23.5. The van der Waals surface area contributed by atoms with Crippen molar-refractivity contribution in [3.8, 4) is 0 Å². The minimum Gasteiger partial charge on any atom is -0.465 e. The monoisotopic (exact) mass is 801 g/mol. The van der Waals surface area contributed by atoms with Gasteiger partial charge in [0.15, 0.2) is 11.7 Å². The van der Waals surface area contributed by atoms with E-state index in [0.717, 1.165) is 115 Å². The zero-order valence-electron chi connectivity index (χ0n) is 35.8. The van der Waals surface area contributed by atoms with E-state index < -0.39 is 23.5 Å². The largest absolute Gasteiger partial charge is 0.465 e. The number of amides is 1. The van der Waals surface area contributed by atoms with Crippen molar-refractivity contribution >= 4 is 17.8 Å². The number of aliphatic hydroxyl groups is 1. The summed E-state index contributed by atoms with van der Waals surface area (Å²) in [5, 5.41) is 14.3. The van der Waals surface area contributed by atoms with Gasteiger partial charge in [-0.2, -0.15) is 0 Å². The Morgan fingerprint density at radius 2 is 1.65 bits per heavy atom. The molecule has 0 aliphatic carbocycles. The number of allylic oxidation sites excluding steroid dienone is 1. The van der Waals surface area contributed by atoms with Crippen LogP contribution < -0.4 is 16.8 Å². The van der Waals surface area contributed by atoms with Crippen molar-refractivity contribution in [3.05, 3.63) is 12.2 Å². The van der Waals surface area contributed by atoms with Gasteiger partial charge < -0.3 is 45.9 Å². The summed E-state index contributed by atoms with van der Waals surface area (Å²) >= 11 is 0. The predicted molar refractivity (Wildman–Crippen MR) is 226 cm³/mol. The molecular formula is C45H80N6O6. The Kier molecular flexibility index (Phi) is 18.9. The lowest BCUT2D eigenvalue weighted by atomic mass is 9.80. The molecule has 0 bridgehead atoms. The molecule has 326 valence electrons. The fourth-order valence-corrected chi connectivity index (χ4v) is 10.1. The Hall–Kier alpha value is -2.25. The number of unbranched alkanes of at least 4 members (excludes halogenated alkanes) is 11. The van der Waals surface area contributed by atoms with Crippen LogP contribution in [0.1, 0.15) is 174 Å². The first-order valence-corrected chi connectivity index (χ1v) is 23.4. The fraction of sp³-hybridized carbons (Fsp3) is 0.889. The van der Waals surface area contributed by atoms with E-state index in [1.54, 1.807) is 0 Å². The maximum absolute atomic E-state index is 14.1. The lowest BCUT2D eigenvalue weighted by molar-refractivity contribution is -0.194. The molecule has 2 spiro atoms. The Balaban J connectivity index is 0.952. The standard InChI is InChI=1S/C45H80N6O6/c1-3-38-23-14-15-26-44(57-38)34-36-24-25-39-41(45(27-19-21-35(2)56-45)49-43(48-44)51(36)39)42(54)55-32-18-12-10-8-6-4-5-7-9-11-13-22-37(52)33-40(53)50(31-20-29-47)30-17-16-28-46/h14,23,35-39,41,52H,3-13,15-22,24-34,46-47H2,1-2H3,(H,48,49). The Bertz CT molecular complexity index is 1280. The van der Waals surface area contributed by atoms with Crippen molar-refractivity contribution in [1.29, 1.82) is 0 Å². The first kappa shape index (κ1) is 45.8. The SMILES string of the molecule is CCC1C=CCCC2(CC3CCC4C(C(=O)OCCCCCCCCCCCCCC(O)CC(=O)N(CCCN)CCCCN)C5(CCCC(C)O5)N=C(N2)N34)O1. The fourth-order valence-electron chi connectivity index (χ4n) is 10.1. The highest BCUT2D eigenvalue weighted by molar-refractivity contribution is 5.87. The second-order valence-corrected chi connectivity index (χ2v) is 17.9. The molecule has 6 N–H and O–H groups in total. The summed E-state index contributed by atoms with van der Waals surface area (Å²) in [6, 6.07) is 0.320. The number of guanidine groups is 1. The molecule has 57 heavy (non-hydrogen) atoms. The second-order valence-electron chi connectivity index (χ2n) is 17.9. The normalized spacial score (nSPS) is 29.8. The average Bonchev–Trinajstić information content (AvgIpc) is 3.49. The number of carbonyl (C=O) groups is 2. The molecule has 1 amide bonds. The van der Waals surface area contributed by atoms with Crippen molar-refractivity contribution in [2.24, 2.45) is 22.4 Å². The maximum atomic E-state index is 14.1. The number of carbonyl (C=O) groups excluding carboxylic acids is 2. The molecule has 5 aliphatic rings. The van der Waals surface area contributed by atoms with Crippen LogP contribution in [0.25, 0.3) is 0 Å². The third-order valence-electron chi connectivity index (χ3n) is 13.2. The molecule has 0 radical (unpaired) electrons. The molecule has 0 aromatic heterocycles. The van der Waals surface area contributed by atoms with Gasteiger partial charge in [0.25, 0.3) is 0 Å². The summed E-state index contributed by atoms with van der Waals surface area (Å²) in [6.45, 7) is 7.29. The quantitative estimate of drug-likeness (QED) is 0.0438. The topological polar surface area (TPSA) is 165 Å². The van der Waals surface area contributed by atoms with Gasteiger partial charge in [-0.25, -0.2) is 4.99 Å². The van der Waals surface area contributed by atoms with Crippen LogP contribution in [-0.4, -0.2) is 107 Å². The number of ether oxygens (including phenoxy) is 3. The van der Waals surface area contributed by atoms with Gasteiger partial charge in [0.2, 0.25) is 5.91 Å². The van der Waals surface area contributed by atoms with E-state index in [1.807, 2.05) is 4.90 Å². The molecule has 8 atom stereocenters. The number of hydrogen-bond acceptors (Lipinski definition) is 11. The molecule has 12 heteroatoms. The van der Waals surface area contributed by atoms with E-state index in [4.69, 9.17) is 30.7 Å². The number of hydrogen-bond donors (Lipinski definition) is 4. The van der Waals surface area contributed by atoms with Gasteiger partial charge in [0.05, 0.1) is 37.4 Å². The van der Waals surface area contributed by atoms with Crippen molar-refractivity contribution in [2.45, 2.75) is 216 Å². The van der Waals surface area contributed by atoms with Crippen LogP contribution in [0.15, 0.2) is 17.1 Å². The van der Waals surface area contributed by atoms with E-state index in [2.05, 4.69) is 36.2 Å². The van der Waals surface area contributed by atoms with Crippen LogP contribution in [0.2, 0.25) is 0 Å². The summed E-state index contributed by atoms with van der Waals surface area (Å²) in [7, 11) is 0. The summed E-state index contributed by atoms with van der Waals surface area (Å²) < 4.78 is 19.6. The molecule has 5 aliphatic heterocycles. The highest BCUT2D eigenvalue weighted by Gasteiger charge is 2.62. The average molecular weight is 801 g/mol. The van der Waals surface area contributed by atoms with Crippen molar-refractivity contribution in [1.82, 2.24) is 15.1 Å². The summed E-state index contributed by atoms with van der Waals surface area (Å²) in [4.78, 5) is 36.4. The molecule has 5 heterocycles. The van der Waals surface area contributed by atoms with Gasteiger partial charge >= 0.3 is 5.97 Å². The van der Waals surface area contributed by atoms with Crippen LogP contribution in [0.3, 0.4) is 0 Å². The highest BCUT2D eigenvalue weighted by Crippen LogP contribution is 2.50. The lowest BCUT2D eigenvalue weighted by Crippen LogP contribution is -2.71. The van der Waals surface area contributed by atoms with E-state index in [0.29, 0.717) is 45.2 Å². The summed E-state index contributed by atoms with van der Waals surface area (Å²) in [5.41, 5.74) is 9.93. The zero-order valence-corrected chi connectivity index (χ0v) is 35.8. The van der Waals surface area contributed by atoms with E-state index >= 15 is 0 Å². The van der Waals surface area contributed by atoms with Crippen molar-refractivity contribution in [2.75, 3.05) is 32.8 Å². The lowest BCUT2D eigenvalue weighted by Gasteiger charge is -2.55. The molecule has 0 saturated carbocycles. The van der Waals surface area contributed by atoms with Gasteiger partial charge in [0, 0.05) is 25.6 Å². The molecule has 3 fully saturated rings. The van der Waals surface area contributed by atoms with Crippen LogP contribution in [-0.2, 0) is 23.8 Å². The maximum Gasteiger partial charge on any atom is 0.316 e. The van der Waals surface area contributed by atoms with Crippen molar-refractivity contribution in [3.63, 3.8) is 0 Å². The van der Waals surface area contributed by atoms with Crippen LogP contribution in [0, 0.1) is 5.92 Å². The highest BCUT2D eigenvalue weighted by atomic mass is 16.6. The van der Waals surface area contributed by atoms with Crippen LogP contribution in [0.5, 0.6) is 0 Å². The molecule has 5 rings (SSSR count). The Morgan fingerprint density at radius 1 is 0.947 bits per heavy atom. The number of nitrogens with one attached hydrogen (secondary N) is 1. The minimum atomic E-state index is -0.891. The van der Waals surface area contributed by atoms with Crippen LogP contribution >= 0.6 is 0 Å². The van der Waals surface area contributed by atoms with Gasteiger partial charge in [-0.05, 0) is 103 Å². The van der Waals surface area contributed by atoms with Gasteiger partial charge in [-0.1, -0.05) is 83.3 Å². The minimum absolute atomic E-state index is 0.0261. The third-order valence-corrected chi connectivity index (χ3v) is 13.2. The van der Waals surface area contributed by atoms with E-state index in [-0.39, 0.29) is 36.5 Å². The summed E-state index contributed by atoms with van der Waals surface area (Å²) in [6.07, 6.45) is 28.4. The van der Waals surface area contributed by atoms with E-state index in [9.17, 15) is 14.7 Å². The molecular weight excluding hydrogens is 721 g/mol. The predicted octanol–water partition coefficient (Wildman–Crippen LogP) is 6.82. The number of esters is 1. The number of rotatable bonds is 25. The number of aliphatic hydroxyl groups excluding tert-OH is 1. The zero-order chi connectivity index (χ0) is 40.5. The molecule has 0 aromatic rings. The van der Waals surface area contributed by atoms with Crippen LogP contribution in [0.4, 0.5) is 0 Å². The molecule has 3 saturated heterocycles. The van der Waals surface area contributed by atoms with Crippen molar-refractivity contribution < 1.29 is 28.9 Å². The van der Waals surface area contributed by atoms with Gasteiger partial charge in [-0.3, -0.25) is 9.59 Å². The molecule has 0 aromatic carbocycles. The first-order valence-electron chi connectivity index (χ1n) is 23.4. The first-order chi connectivity index (χ1) is 27.7.